The van der Waals surface area contributed by atoms with Crippen molar-refractivity contribution in [2.24, 2.45) is 0 Å². The first-order valence-electron chi connectivity index (χ1n) is 3.06. The normalized spacial score (nSPS) is 10.7. The molecule has 0 spiro atoms. The minimum atomic E-state index is 1.01. The maximum absolute atomic E-state index is 5.86. The van der Waals surface area contributed by atoms with Crippen molar-refractivity contribution in [1.82, 2.24) is 9.07 Å². The summed E-state index contributed by atoms with van der Waals surface area (Å²) in [5.41, 5.74) is 1.01. The van der Waals surface area contributed by atoms with E-state index in [4.69, 9.17) is 11.8 Å². The molecule has 56 valence electrons. The summed E-state index contributed by atoms with van der Waals surface area (Å²) < 4.78 is 2.71. The van der Waals surface area contributed by atoms with Gasteiger partial charge in [-0.3, -0.25) is 9.07 Å². The van der Waals surface area contributed by atoms with Gasteiger partial charge in [-0.05, 0) is 28.7 Å². The lowest BCUT2D eigenvalue weighted by atomic mass is 10.3. The Morgan fingerprint density at radius 2 is 2.36 bits per heavy atom. The third-order valence-electron chi connectivity index (χ3n) is 1.51. The molecule has 4 heteroatoms. The molecule has 2 rings (SSSR count). The summed E-state index contributed by atoms with van der Waals surface area (Å²) in [5.74, 6) is 0. The Labute approximate surface area is 82.4 Å². The van der Waals surface area contributed by atoms with Crippen molar-refractivity contribution in [3.05, 3.63) is 28.2 Å². The molecule has 0 aliphatic rings. The molecule has 0 aromatic carbocycles. The van der Waals surface area contributed by atoms with Gasteiger partial charge in [0, 0.05) is 39.3 Å². The van der Waals surface area contributed by atoms with E-state index in [0.29, 0.717) is 0 Å². The molecule has 2 aromatic rings. The van der Waals surface area contributed by atoms with Gasteiger partial charge in [0.05, 0.1) is 5.52 Å². The van der Waals surface area contributed by atoms with E-state index in [2.05, 4.69) is 27.6 Å². The van der Waals surface area contributed by atoms with Crippen LogP contribution >= 0.6 is 34.4 Å². The molecule has 0 fully saturated rings. The molecule has 0 bridgehead atoms. The summed E-state index contributed by atoms with van der Waals surface area (Å²) in [6.07, 6.45) is 5.42. The molecule has 0 radical (unpaired) electrons. The number of hydrogen-bond donors (Lipinski definition) is 0. The molecule has 2 aromatic heterocycles. The van der Waals surface area contributed by atoms with Crippen molar-refractivity contribution >= 4 is 45.3 Å². The van der Waals surface area contributed by atoms with Crippen LogP contribution in [-0.2, 0) is 0 Å². The van der Waals surface area contributed by atoms with E-state index in [1.165, 1.54) is 0 Å². The summed E-state index contributed by atoms with van der Waals surface area (Å²) in [4.78, 5) is 4.01. The van der Waals surface area contributed by atoms with Gasteiger partial charge >= 0.3 is 0 Å². The Morgan fingerprint density at radius 3 is 3.09 bits per heavy atom. The van der Waals surface area contributed by atoms with Gasteiger partial charge in [-0.1, -0.05) is 0 Å². The van der Waals surface area contributed by atoms with E-state index < -0.39 is 0 Å². The molecule has 0 aliphatic heterocycles. The molecule has 2 nitrogen and oxygen atoms in total. The third-order valence-corrected chi connectivity index (χ3v) is 2.65. The second kappa shape index (κ2) is 2.64. The van der Waals surface area contributed by atoms with Crippen molar-refractivity contribution in [3.8, 4) is 0 Å². The number of aromatic nitrogens is 2. The Bertz CT molecular complexity index is 360. The predicted octanol–water partition coefficient (Wildman–Crippen LogP) is 2.64. The molecule has 0 unspecified atom stereocenters. The van der Waals surface area contributed by atoms with Crippen LogP contribution < -0.4 is 0 Å². The average molecular weight is 278 g/mol. The second-order valence-corrected chi connectivity index (χ2v) is 3.71. The van der Waals surface area contributed by atoms with Gasteiger partial charge in [0.2, 0.25) is 0 Å². The quantitative estimate of drug-likeness (QED) is 0.678. The first kappa shape index (κ1) is 7.36. The maximum atomic E-state index is 5.86. The van der Waals surface area contributed by atoms with Crippen molar-refractivity contribution in [2.75, 3.05) is 0 Å². The Balaban J connectivity index is 2.95. The van der Waals surface area contributed by atoms with Crippen LogP contribution in [0.3, 0.4) is 0 Å². The maximum Gasteiger partial charge on any atom is 0.0689 e. The highest BCUT2D eigenvalue weighted by atomic mass is 127. The summed E-state index contributed by atoms with van der Waals surface area (Å²) in [6, 6.07) is 1.89. The van der Waals surface area contributed by atoms with Crippen molar-refractivity contribution < 1.29 is 0 Å². The second-order valence-electron chi connectivity index (χ2n) is 2.18. The molecular formula is C7H4ClIN2. The Kier molecular flexibility index (Phi) is 1.77. The lowest BCUT2D eigenvalue weighted by Gasteiger charge is -1.89. The predicted molar refractivity (Wildman–Crippen MR) is 53.7 cm³/mol. The van der Waals surface area contributed by atoms with Gasteiger partial charge in [-0.15, -0.1) is 0 Å². The minimum absolute atomic E-state index is 1.01. The van der Waals surface area contributed by atoms with Crippen LogP contribution in [0.4, 0.5) is 0 Å². The Hall–Kier alpha value is -0.290. The zero-order valence-electron chi connectivity index (χ0n) is 5.46. The topological polar surface area (TPSA) is 17.8 Å². The van der Waals surface area contributed by atoms with Gasteiger partial charge in [-0.2, -0.15) is 0 Å². The van der Waals surface area contributed by atoms with E-state index in [1.54, 1.807) is 10.3 Å². The molecule has 0 amide bonds. The zero-order valence-corrected chi connectivity index (χ0v) is 8.37. The van der Waals surface area contributed by atoms with E-state index in [-0.39, 0.29) is 0 Å². The zero-order chi connectivity index (χ0) is 7.84. The fourth-order valence-corrected chi connectivity index (χ4v) is 2.10. The molecule has 0 N–H and O–H groups in total. The van der Waals surface area contributed by atoms with Crippen LogP contribution in [0, 0.1) is 3.57 Å². The number of rotatable bonds is 0. The molecule has 11 heavy (non-hydrogen) atoms. The van der Waals surface area contributed by atoms with E-state index in [1.807, 2.05) is 18.5 Å². The first-order chi connectivity index (χ1) is 5.29. The fourth-order valence-electron chi connectivity index (χ4n) is 0.996. The number of fused-ring (bicyclic) bond motifs is 1. The molecule has 2 heterocycles. The molecular weight excluding hydrogens is 274 g/mol. The van der Waals surface area contributed by atoms with Crippen LogP contribution in [0.15, 0.2) is 24.7 Å². The number of pyridine rings is 1. The monoisotopic (exact) mass is 278 g/mol. The highest BCUT2D eigenvalue weighted by Gasteiger charge is 2.02. The van der Waals surface area contributed by atoms with Gasteiger partial charge in [-0.25, -0.2) is 0 Å². The van der Waals surface area contributed by atoms with Gasteiger partial charge < -0.3 is 0 Å². The number of nitrogens with zero attached hydrogens (tertiary/aromatic N) is 2. The summed E-state index contributed by atoms with van der Waals surface area (Å²) in [6.45, 7) is 0. The lowest BCUT2D eigenvalue weighted by Crippen LogP contribution is -1.75. The van der Waals surface area contributed by atoms with Crippen LogP contribution in [0.25, 0.3) is 10.9 Å². The average Bonchev–Trinajstić information content (AvgIpc) is 2.30. The summed E-state index contributed by atoms with van der Waals surface area (Å²) in [7, 11) is 0. The number of hydrogen-bond acceptors (Lipinski definition) is 1. The van der Waals surface area contributed by atoms with Gasteiger partial charge in [0.1, 0.15) is 0 Å². The SMILES string of the molecule is Cln1cc(I)c2cnccc21. The molecule has 0 saturated heterocycles. The Morgan fingerprint density at radius 1 is 1.55 bits per heavy atom. The van der Waals surface area contributed by atoms with Crippen LogP contribution in [0.5, 0.6) is 0 Å². The summed E-state index contributed by atoms with van der Waals surface area (Å²) >= 11 is 8.10. The van der Waals surface area contributed by atoms with Crippen molar-refractivity contribution in [1.29, 1.82) is 0 Å². The van der Waals surface area contributed by atoms with Crippen LogP contribution in [-0.4, -0.2) is 9.07 Å². The van der Waals surface area contributed by atoms with E-state index in [9.17, 15) is 0 Å². The summed E-state index contributed by atoms with van der Waals surface area (Å²) in [5, 5.41) is 1.10. The van der Waals surface area contributed by atoms with Gasteiger partial charge in [0.25, 0.3) is 0 Å². The third kappa shape index (κ3) is 1.12. The first-order valence-corrected chi connectivity index (χ1v) is 4.47. The van der Waals surface area contributed by atoms with Crippen molar-refractivity contribution in [2.45, 2.75) is 0 Å². The highest BCUT2D eigenvalue weighted by Crippen LogP contribution is 2.22. The number of halogens is 2. The van der Waals surface area contributed by atoms with Crippen LogP contribution in [0.1, 0.15) is 0 Å². The minimum Gasteiger partial charge on any atom is -0.264 e. The van der Waals surface area contributed by atoms with E-state index >= 15 is 0 Å². The lowest BCUT2D eigenvalue weighted by molar-refractivity contribution is 1.30. The highest BCUT2D eigenvalue weighted by molar-refractivity contribution is 14.1. The smallest absolute Gasteiger partial charge is 0.0689 e. The van der Waals surface area contributed by atoms with Gasteiger partial charge in [0.15, 0.2) is 0 Å². The molecule has 0 atom stereocenters. The van der Waals surface area contributed by atoms with Crippen LogP contribution in [0.2, 0.25) is 0 Å². The molecule has 0 saturated carbocycles. The largest absolute Gasteiger partial charge is 0.264 e. The fraction of sp³-hybridized carbons (Fsp3) is 0. The standard InChI is InChI=1S/C7H4ClIN2/c8-11-4-6(9)5-3-10-2-1-7(5)11/h1-4H. The molecule has 0 aliphatic carbocycles. The van der Waals surface area contributed by atoms with Crippen molar-refractivity contribution in [3.63, 3.8) is 0 Å². The van der Waals surface area contributed by atoms with E-state index in [0.717, 1.165) is 14.5 Å².